The topological polar surface area (TPSA) is 92.9 Å². The molecule has 6 aromatic rings. The Labute approximate surface area is 468 Å². The Balaban J connectivity index is 1.65. The van der Waals surface area contributed by atoms with Gasteiger partial charge in [-0.05, 0) is 144 Å². The van der Waals surface area contributed by atoms with E-state index in [2.05, 4.69) is 239 Å². The fourth-order valence-corrected chi connectivity index (χ4v) is 12.1. The number of H-pyrrole nitrogens is 2. The van der Waals surface area contributed by atoms with Crippen LogP contribution in [0, 0.1) is 0 Å². The van der Waals surface area contributed by atoms with Crippen LogP contribution in [0.1, 0.15) is 220 Å². The van der Waals surface area contributed by atoms with Crippen molar-refractivity contribution < 1.29 is 13.6 Å². The minimum absolute atomic E-state index is 0.129. The highest BCUT2D eigenvalue weighted by atomic mass is 31.2. The van der Waals surface area contributed by atoms with E-state index in [0.717, 1.165) is 92.9 Å². The van der Waals surface area contributed by atoms with Gasteiger partial charge in [0.05, 0.1) is 47.0 Å². The van der Waals surface area contributed by atoms with Crippen molar-refractivity contribution in [3.63, 3.8) is 0 Å². The first-order valence-electron chi connectivity index (χ1n) is 28.7. The number of fused-ring (bicyclic) bond motifs is 8. The first kappa shape index (κ1) is 58.6. The fourth-order valence-electron chi connectivity index (χ4n) is 10.1. The highest BCUT2D eigenvalue weighted by Gasteiger charge is 2.33. The Morgan fingerprint density at radius 1 is 0.385 bits per heavy atom. The first-order valence-corrected chi connectivity index (χ1v) is 30.3. The van der Waals surface area contributed by atoms with Gasteiger partial charge in [-0.3, -0.25) is 4.57 Å². The Morgan fingerprint density at radius 3 is 0.910 bits per heavy atom. The molecule has 0 radical (unpaired) electrons. The summed E-state index contributed by atoms with van der Waals surface area (Å²) in [5.74, 6) is 0. The molecule has 0 saturated carbocycles. The fraction of sp³-hybridized carbons (Fsp3) is 0.457. The van der Waals surface area contributed by atoms with E-state index in [9.17, 15) is 0 Å². The number of aromatic nitrogens is 4. The number of benzene rings is 3. The molecule has 2 aliphatic heterocycles. The van der Waals surface area contributed by atoms with Crippen LogP contribution in [-0.2, 0) is 46.1 Å². The average molecular weight is 1070 g/mol. The molecule has 8 heteroatoms. The zero-order chi connectivity index (χ0) is 57.1. The van der Waals surface area contributed by atoms with Gasteiger partial charge >= 0.3 is 7.60 Å². The summed E-state index contributed by atoms with van der Waals surface area (Å²) in [6, 6.07) is 29.5. The summed E-state index contributed by atoms with van der Waals surface area (Å²) in [7, 11) is -4.02. The second kappa shape index (κ2) is 21.5. The molecule has 5 heterocycles. The lowest BCUT2D eigenvalue weighted by Crippen LogP contribution is -2.16. The molecule has 2 N–H and O–H groups in total. The molecule has 0 unspecified atom stereocenters. The third-order valence-corrected chi connectivity index (χ3v) is 17.5. The third-order valence-electron chi connectivity index (χ3n) is 15.4. The first-order chi connectivity index (χ1) is 36.2. The summed E-state index contributed by atoms with van der Waals surface area (Å²) < 4.78 is 29.3. The van der Waals surface area contributed by atoms with Gasteiger partial charge in [-0.1, -0.05) is 206 Å². The number of rotatable bonds is 12. The van der Waals surface area contributed by atoms with Crippen LogP contribution in [0.3, 0.4) is 0 Å². The lowest BCUT2D eigenvalue weighted by Gasteiger charge is -2.26. The molecule has 0 spiro atoms. The minimum Gasteiger partial charge on any atom is -0.354 e. The smallest absolute Gasteiger partial charge is 0.354 e. The molecule has 3 aromatic carbocycles. The maximum Gasteiger partial charge on any atom is 0.365 e. The van der Waals surface area contributed by atoms with Crippen molar-refractivity contribution in [3.8, 4) is 33.4 Å². The standard InChI is InChI=1S/C70H91N4O3P/c1-21-23-33-76-78(75,77-34-24-22-2)64-59-31-29-57(73-59)62(45-37-49(67(9,10)11)42-50(38-45)68(12,13)14)55-27-25-53(71-55)61(44-35-47(65(3,4)5)41-48(36-44)66(6,7)8)54-26-28-56(72-54)63(58-30-32-60(64)74-58)46-39-51(69(15,16)17)43-52(40-46)70(18,19)20/h25-32,35-43,73-74H,21-24,33-34H2,1-20H3. The van der Waals surface area contributed by atoms with Crippen molar-refractivity contribution in [1.82, 2.24) is 19.9 Å². The SMILES string of the molecule is CCCCOP(=O)(OCCCC)c1c2ccc([nH]2)c(-c2cc(C(C)(C)C)cc(C(C)(C)C)c2)c2nc(c(-c3cc(C(C)(C)C)cc(C(C)(C)C)c3)c3nc(c(-c4cc(C(C)(C)C)cc(C(C)(C)C)c4)c4ccc1[nH]4)C=C3)C=C2. The maximum atomic E-state index is 16.1. The Bertz CT molecular complexity index is 3240. The van der Waals surface area contributed by atoms with Crippen LogP contribution in [0.5, 0.6) is 0 Å². The molecule has 7 nitrogen and oxygen atoms in total. The summed E-state index contributed by atoms with van der Waals surface area (Å²) in [6.45, 7) is 45.9. The van der Waals surface area contributed by atoms with Crippen LogP contribution in [0.4, 0.5) is 0 Å². The maximum absolute atomic E-state index is 16.1. The summed E-state index contributed by atoms with van der Waals surface area (Å²) in [5, 5.41) is 0.465. The molecular formula is C70H91N4O3P. The molecule has 3 aromatic heterocycles. The van der Waals surface area contributed by atoms with E-state index in [0.29, 0.717) is 29.6 Å². The van der Waals surface area contributed by atoms with Crippen LogP contribution in [0.2, 0.25) is 0 Å². The van der Waals surface area contributed by atoms with E-state index in [1.807, 2.05) is 12.1 Å². The lowest BCUT2D eigenvalue weighted by molar-refractivity contribution is 0.209. The summed E-state index contributed by atoms with van der Waals surface area (Å²) in [4.78, 5) is 19.3. The van der Waals surface area contributed by atoms with Gasteiger partial charge < -0.3 is 19.0 Å². The van der Waals surface area contributed by atoms with Crippen molar-refractivity contribution in [2.75, 3.05) is 13.2 Å². The summed E-state index contributed by atoms with van der Waals surface area (Å²) >= 11 is 0. The van der Waals surface area contributed by atoms with Crippen molar-refractivity contribution in [2.24, 2.45) is 0 Å². The molecular weight excluding hydrogens is 976 g/mol. The van der Waals surface area contributed by atoms with Crippen LogP contribution in [0.15, 0.2) is 78.9 Å². The zero-order valence-corrected chi connectivity index (χ0v) is 52.0. The van der Waals surface area contributed by atoms with E-state index >= 15 is 4.57 Å². The van der Waals surface area contributed by atoms with Gasteiger partial charge in [0.1, 0.15) is 5.30 Å². The molecule has 8 rings (SSSR count). The normalized spacial score (nSPS) is 13.7. The van der Waals surface area contributed by atoms with E-state index in [1.54, 1.807) is 0 Å². The predicted molar refractivity (Wildman–Crippen MR) is 336 cm³/mol. The van der Waals surface area contributed by atoms with Gasteiger partial charge in [0.15, 0.2) is 0 Å². The van der Waals surface area contributed by atoms with E-state index in [1.165, 1.54) is 33.4 Å². The van der Waals surface area contributed by atoms with Crippen molar-refractivity contribution in [3.05, 3.63) is 135 Å². The monoisotopic (exact) mass is 1070 g/mol. The van der Waals surface area contributed by atoms with Crippen LogP contribution < -0.4 is 5.30 Å². The lowest BCUT2D eigenvalue weighted by atomic mass is 9.78. The number of hydrogen-bond acceptors (Lipinski definition) is 5. The van der Waals surface area contributed by atoms with Gasteiger partial charge in [0.25, 0.3) is 0 Å². The summed E-state index contributed by atoms with van der Waals surface area (Å²) in [5.41, 5.74) is 18.9. The number of hydrogen-bond donors (Lipinski definition) is 2. The zero-order valence-electron chi connectivity index (χ0n) is 51.1. The number of unbranched alkanes of at least 4 members (excludes halogenated alkanes) is 2. The van der Waals surface area contributed by atoms with Crippen LogP contribution >= 0.6 is 7.60 Å². The van der Waals surface area contributed by atoms with Crippen LogP contribution in [-0.4, -0.2) is 33.1 Å². The average Bonchev–Trinajstić information content (AvgIpc) is 4.23. The molecule has 2 aliphatic rings. The third kappa shape index (κ3) is 12.5. The highest BCUT2D eigenvalue weighted by Crippen LogP contribution is 2.50. The highest BCUT2D eigenvalue weighted by molar-refractivity contribution is 7.63. The molecule has 0 atom stereocenters. The predicted octanol–water partition coefficient (Wildman–Crippen LogP) is 19.9. The second-order valence-corrected chi connectivity index (χ2v) is 30.2. The Hall–Kier alpha value is -5.59. The quantitative estimate of drug-likeness (QED) is 0.0939. The van der Waals surface area contributed by atoms with E-state index < -0.39 is 7.60 Å². The number of nitrogens with one attached hydrogen (secondary N) is 2. The minimum atomic E-state index is -4.02. The largest absolute Gasteiger partial charge is 0.365 e. The number of aromatic amines is 2. The molecule has 0 saturated heterocycles. The summed E-state index contributed by atoms with van der Waals surface area (Å²) in [6.07, 6.45) is 11.9. The van der Waals surface area contributed by atoms with Crippen molar-refractivity contribution in [1.29, 1.82) is 0 Å². The molecule has 8 bridgehead atoms. The van der Waals surface area contributed by atoms with Gasteiger partial charge in [-0.2, -0.15) is 0 Å². The molecule has 414 valence electrons. The Kier molecular flexibility index (Phi) is 16.1. The van der Waals surface area contributed by atoms with Crippen molar-refractivity contribution in [2.45, 2.75) is 197 Å². The molecule has 0 fully saturated rings. The Morgan fingerprint density at radius 2 is 0.641 bits per heavy atom. The molecule has 0 aliphatic carbocycles. The second-order valence-electron chi connectivity index (χ2n) is 28.2. The van der Waals surface area contributed by atoms with Crippen molar-refractivity contribution >= 4 is 59.3 Å². The van der Waals surface area contributed by atoms with E-state index in [4.69, 9.17) is 19.0 Å². The van der Waals surface area contributed by atoms with Gasteiger partial charge in [-0.25, -0.2) is 9.97 Å². The molecule has 78 heavy (non-hydrogen) atoms. The van der Waals surface area contributed by atoms with Crippen LogP contribution in [0.25, 0.3) is 79.8 Å². The van der Waals surface area contributed by atoms with Gasteiger partial charge in [0, 0.05) is 27.7 Å². The van der Waals surface area contributed by atoms with Gasteiger partial charge in [0.2, 0.25) is 0 Å². The van der Waals surface area contributed by atoms with E-state index in [-0.39, 0.29) is 32.5 Å². The number of nitrogens with zero attached hydrogens (tertiary/aromatic N) is 2. The van der Waals surface area contributed by atoms with Gasteiger partial charge in [-0.15, -0.1) is 0 Å². The molecule has 0 amide bonds.